The summed E-state index contributed by atoms with van der Waals surface area (Å²) in [4.78, 5) is 11.8. The molecule has 0 aromatic heterocycles. The van der Waals surface area contributed by atoms with E-state index in [0.29, 0.717) is 4.31 Å². The van der Waals surface area contributed by atoms with Gasteiger partial charge in [-0.25, -0.2) is 4.79 Å². The standard InChI is InChI=1S/C10H19NO7S/c1-10(2,3)18-9(12)11-5-8(16-7-15-4)6-17-19(11,13)14/h8H,5-7H2,1-4H3/t8-/m0/s1. The van der Waals surface area contributed by atoms with E-state index in [1.54, 1.807) is 20.8 Å². The minimum Gasteiger partial charge on any atom is -0.443 e. The van der Waals surface area contributed by atoms with E-state index in [0.717, 1.165) is 0 Å². The van der Waals surface area contributed by atoms with Crippen LogP contribution in [0.1, 0.15) is 20.8 Å². The first-order valence-electron chi connectivity index (χ1n) is 5.66. The summed E-state index contributed by atoms with van der Waals surface area (Å²) in [7, 11) is -2.68. The molecule has 1 heterocycles. The Balaban J connectivity index is 2.73. The average molecular weight is 297 g/mol. The van der Waals surface area contributed by atoms with Gasteiger partial charge in [0.05, 0.1) is 13.2 Å². The number of carbonyl (C=O) groups excluding carboxylic acids is 1. The molecule has 1 aliphatic rings. The van der Waals surface area contributed by atoms with Crippen LogP contribution in [0.25, 0.3) is 0 Å². The van der Waals surface area contributed by atoms with Gasteiger partial charge in [-0.15, -0.1) is 0 Å². The lowest BCUT2D eigenvalue weighted by Gasteiger charge is -2.32. The molecule has 0 radical (unpaired) electrons. The monoisotopic (exact) mass is 297 g/mol. The molecule has 1 amide bonds. The van der Waals surface area contributed by atoms with Crippen LogP contribution in [0.15, 0.2) is 0 Å². The fourth-order valence-corrected chi connectivity index (χ4v) is 2.32. The summed E-state index contributed by atoms with van der Waals surface area (Å²) in [5.41, 5.74) is -0.799. The second-order valence-corrected chi connectivity index (χ2v) is 6.48. The maximum atomic E-state index is 11.8. The zero-order chi connectivity index (χ0) is 14.7. The van der Waals surface area contributed by atoms with Crippen LogP contribution in [-0.4, -0.2) is 57.6 Å². The molecular weight excluding hydrogens is 278 g/mol. The van der Waals surface area contributed by atoms with Crippen molar-refractivity contribution in [1.29, 1.82) is 0 Å². The van der Waals surface area contributed by atoms with Crippen molar-refractivity contribution in [2.24, 2.45) is 0 Å². The third kappa shape index (κ3) is 4.94. The van der Waals surface area contributed by atoms with Crippen LogP contribution in [0.4, 0.5) is 4.79 Å². The van der Waals surface area contributed by atoms with Crippen molar-refractivity contribution in [1.82, 2.24) is 4.31 Å². The second kappa shape index (κ2) is 6.04. The van der Waals surface area contributed by atoms with Gasteiger partial charge in [-0.05, 0) is 20.8 Å². The zero-order valence-electron chi connectivity index (χ0n) is 11.4. The van der Waals surface area contributed by atoms with Crippen molar-refractivity contribution < 1.29 is 31.6 Å². The summed E-state index contributed by atoms with van der Waals surface area (Å²) in [6.07, 6.45) is -1.57. The van der Waals surface area contributed by atoms with Gasteiger partial charge in [-0.2, -0.15) is 12.7 Å². The highest BCUT2D eigenvalue weighted by Crippen LogP contribution is 2.18. The Hall–Kier alpha value is -0.900. The minimum atomic E-state index is -4.12. The molecule has 0 spiro atoms. The highest BCUT2D eigenvalue weighted by Gasteiger charge is 2.39. The lowest BCUT2D eigenvalue weighted by atomic mass is 10.2. The summed E-state index contributed by atoms with van der Waals surface area (Å²) in [6.45, 7) is 4.57. The number of rotatable bonds is 3. The van der Waals surface area contributed by atoms with Gasteiger partial charge in [0.15, 0.2) is 0 Å². The molecule has 0 bridgehead atoms. The highest BCUT2D eigenvalue weighted by atomic mass is 32.2. The molecule has 112 valence electrons. The molecule has 1 rings (SSSR count). The molecule has 0 aromatic carbocycles. The van der Waals surface area contributed by atoms with Crippen molar-refractivity contribution in [3.05, 3.63) is 0 Å². The highest BCUT2D eigenvalue weighted by molar-refractivity contribution is 7.84. The first kappa shape index (κ1) is 16.2. The van der Waals surface area contributed by atoms with E-state index < -0.39 is 28.1 Å². The quantitative estimate of drug-likeness (QED) is 0.700. The lowest BCUT2D eigenvalue weighted by molar-refractivity contribution is -0.0951. The van der Waals surface area contributed by atoms with Crippen molar-refractivity contribution in [2.45, 2.75) is 32.5 Å². The van der Waals surface area contributed by atoms with E-state index in [-0.39, 0.29) is 19.9 Å². The molecule has 1 saturated heterocycles. The summed E-state index contributed by atoms with van der Waals surface area (Å²) >= 11 is 0. The van der Waals surface area contributed by atoms with Gasteiger partial charge in [-0.3, -0.25) is 4.18 Å². The number of carbonyl (C=O) groups is 1. The number of hydrogen-bond donors (Lipinski definition) is 0. The summed E-state index contributed by atoms with van der Waals surface area (Å²) in [5, 5.41) is 0. The van der Waals surface area contributed by atoms with Crippen LogP contribution in [0.5, 0.6) is 0 Å². The summed E-state index contributed by atoms with van der Waals surface area (Å²) in [5.74, 6) is 0. The summed E-state index contributed by atoms with van der Waals surface area (Å²) < 4.78 is 43.3. The molecule has 0 unspecified atom stereocenters. The normalized spacial score (nSPS) is 23.2. The fraction of sp³-hybridized carbons (Fsp3) is 0.900. The number of ether oxygens (including phenoxy) is 3. The van der Waals surface area contributed by atoms with Crippen molar-refractivity contribution >= 4 is 16.4 Å². The molecule has 0 aliphatic carbocycles. The molecule has 9 heteroatoms. The molecular formula is C10H19NO7S. The molecule has 8 nitrogen and oxygen atoms in total. The maximum Gasteiger partial charge on any atom is 0.425 e. The van der Waals surface area contributed by atoms with Gasteiger partial charge in [0.1, 0.15) is 18.5 Å². The van der Waals surface area contributed by atoms with E-state index >= 15 is 0 Å². The van der Waals surface area contributed by atoms with E-state index in [4.69, 9.17) is 14.2 Å². The van der Waals surface area contributed by atoms with E-state index in [2.05, 4.69) is 4.18 Å². The van der Waals surface area contributed by atoms with Gasteiger partial charge < -0.3 is 14.2 Å². The first-order valence-corrected chi connectivity index (χ1v) is 7.03. The van der Waals surface area contributed by atoms with Crippen LogP contribution in [0.2, 0.25) is 0 Å². The van der Waals surface area contributed by atoms with Crippen LogP contribution in [-0.2, 0) is 28.7 Å². The van der Waals surface area contributed by atoms with Gasteiger partial charge >= 0.3 is 16.4 Å². The largest absolute Gasteiger partial charge is 0.443 e. The Kier molecular flexibility index (Phi) is 5.13. The topological polar surface area (TPSA) is 91.4 Å². The molecule has 1 fully saturated rings. The molecule has 1 aliphatic heterocycles. The SMILES string of the molecule is COCO[C@@H]1COS(=O)(=O)N(C(=O)OC(C)(C)C)C1. The van der Waals surface area contributed by atoms with Crippen molar-refractivity contribution in [3.8, 4) is 0 Å². The summed E-state index contributed by atoms with van der Waals surface area (Å²) in [6, 6.07) is 0. The van der Waals surface area contributed by atoms with Crippen molar-refractivity contribution in [3.63, 3.8) is 0 Å². The average Bonchev–Trinajstić information content (AvgIpc) is 2.24. The van der Waals surface area contributed by atoms with Crippen LogP contribution >= 0.6 is 0 Å². The first-order chi connectivity index (χ1) is 8.65. The predicted molar refractivity (Wildman–Crippen MR) is 64.6 cm³/mol. The van der Waals surface area contributed by atoms with E-state index in [1.165, 1.54) is 7.11 Å². The van der Waals surface area contributed by atoms with Crippen molar-refractivity contribution in [2.75, 3.05) is 27.1 Å². The molecule has 0 N–H and O–H groups in total. The zero-order valence-corrected chi connectivity index (χ0v) is 12.2. The Bertz CT molecular complexity index is 414. The maximum absolute atomic E-state index is 11.8. The van der Waals surface area contributed by atoms with E-state index in [9.17, 15) is 13.2 Å². The lowest BCUT2D eigenvalue weighted by Crippen LogP contribution is -2.51. The van der Waals surface area contributed by atoms with Gasteiger partial charge in [0, 0.05) is 7.11 Å². The second-order valence-electron chi connectivity index (χ2n) is 4.95. The van der Waals surface area contributed by atoms with Crippen LogP contribution in [0.3, 0.4) is 0 Å². The Morgan fingerprint density at radius 3 is 2.58 bits per heavy atom. The smallest absolute Gasteiger partial charge is 0.425 e. The number of methoxy groups -OCH3 is 1. The molecule has 0 saturated carbocycles. The minimum absolute atomic E-state index is 0.0176. The molecule has 1 atom stereocenters. The number of hydrogen-bond acceptors (Lipinski definition) is 7. The fourth-order valence-electron chi connectivity index (χ4n) is 1.30. The Morgan fingerprint density at radius 1 is 1.42 bits per heavy atom. The molecule has 19 heavy (non-hydrogen) atoms. The van der Waals surface area contributed by atoms with Gasteiger partial charge in [-0.1, -0.05) is 0 Å². The molecule has 0 aromatic rings. The number of amides is 1. The van der Waals surface area contributed by atoms with Crippen LogP contribution in [0, 0.1) is 0 Å². The predicted octanol–water partition coefficient (Wildman–Crippen LogP) is 0.488. The third-order valence-electron chi connectivity index (χ3n) is 2.06. The van der Waals surface area contributed by atoms with Crippen LogP contribution < -0.4 is 0 Å². The van der Waals surface area contributed by atoms with Gasteiger partial charge in [0.2, 0.25) is 0 Å². The third-order valence-corrected chi connectivity index (χ3v) is 3.33. The van der Waals surface area contributed by atoms with Gasteiger partial charge in [0.25, 0.3) is 0 Å². The Labute approximate surface area is 112 Å². The Morgan fingerprint density at radius 2 is 2.05 bits per heavy atom. The van der Waals surface area contributed by atoms with E-state index in [1.807, 2.05) is 0 Å². The number of nitrogens with zero attached hydrogens (tertiary/aromatic N) is 1.